The number of hydrogen-bond acceptors (Lipinski definition) is 4. The first-order chi connectivity index (χ1) is 15.3. The Morgan fingerprint density at radius 2 is 1.56 bits per heavy atom. The maximum absolute atomic E-state index is 13.6. The molecule has 0 fully saturated rings. The second kappa shape index (κ2) is 7.47. The zero-order valence-corrected chi connectivity index (χ0v) is 16.7. The number of fused-ring (bicyclic) bond motifs is 2. The first kappa shape index (κ1) is 20.2. The number of ether oxygens (including phenoxy) is 3. The molecule has 1 N–H and O–H groups in total. The lowest BCUT2D eigenvalue weighted by Gasteiger charge is -2.29. The molecule has 1 amide bonds. The molecule has 0 spiro atoms. The van der Waals surface area contributed by atoms with Gasteiger partial charge in [-0.15, -0.1) is 13.2 Å². The molecule has 3 aromatic rings. The Hall–Kier alpha value is -3.68. The van der Waals surface area contributed by atoms with Gasteiger partial charge < -0.3 is 19.5 Å². The molecule has 0 aromatic heterocycles. The second-order valence-corrected chi connectivity index (χ2v) is 7.80. The molecular formula is C24H18F3NO4. The number of carbonyl (C=O) groups is 1. The summed E-state index contributed by atoms with van der Waals surface area (Å²) in [6.07, 6.45) is -3.79. The van der Waals surface area contributed by atoms with Gasteiger partial charge in [-0.1, -0.05) is 30.3 Å². The summed E-state index contributed by atoms with van der Waals surface area (Å²) in [5.41, 5.74) is 2.42. The van der Waals surface area contributed by atoms with Gasteiger partial charge in [-0.2, -0.15) is 0 Å². The number of rotatable bonds is 4. The van der Waals surface area contributed by atoms with Crippen molar-refractivity contribution in [3.8, 4) is 17.2 Å². The molecule has 8 heteroatoms. The summed E-state index contributed by atoms with van der Waals surface area (Å²) in [5, 5.41) is 2.87. The van der Waals surface area contributed by atoms with Crippen LogP contribution in [-0.2, 0) is 23.1 Å². The van der Waals surface area contributed by atoms with Crippen LogP contribution in [0.5, 0.6) is 17.2 Å². The standard InChI is InChI=1S/C24H18F3NO4/c25-24(26,27)32-19-8-6-18(7-9-19)28-22(29)23(12-15-3-1-2-4-16(15)13-23)17-5-10-20-21(11-17)31-14-30-20/h1-11H,12-14H2,(H,28,29). The molecule has 164 valence electrons. The van der Waals surface area contributed by atoms with Gasteiger partial charge in [0.1, 0.15) is 5.75 Å². The minimum Gasteiger partial charge on any atom is -0.454 e. The Bertz CT molecular complexity index is 1150. The van der Waals surface area contributed by atoms with Crippen molar-refractivity contribution in [1.82, 2.24) is 0 Å². The average Bonchev–Trinajstić information content (AvgIpc) is 3.38. The first-order valence-corrected chi connectivity index (χ1v) is 9.97. The van der Waals surface area contributed by atoms with Gasteiger partial charge in [0, 0.05) is 5.69 Å². The van der Waals surface area contributed by atoms with Gasteiger partial charge in [-0.3, -0.25) is 4.79 Å². The molecule has 1 heterocycles. The molecule has 1 aliphatic carbocycles. The molecule has 0 bridgehead atoms. The molecule has 5 nitrogen and oxygen atoms in total. The summed E-state index contributed by atoms with van der Waals surface area (Å²) in [6, 6.07) is 18.5. The summed E-state index contributed by atoms with van der Waals surface area (Å²) in [7, 11) is 0. The molecule has 3 aromatic carbocycles. The summed E-state index contributed by atoms with van der Waals surface area (Å²) < 4.78 is 52.0. The van der Waals surface area contributed by atoms with Gasteiger partial charge in [-0.05, 0) is 65.9 Å². The molecule has 0 unspecified atom stereocenters. The van der Waals surface area contributed by atoms with E-state index in [1.807, 2.05) is 36.4 Å². The summed E-state index contributed by atoms with van der Waals surface area (Å²) in [4.78, 5) is 13.6. The molecule has 2 aliphatic rings. The van der Waals surface area contributed by atoms with Crippen molar-refractivity contribution in [3.05, 3.63) is 83.4 Å². The Labute approximate surface area is 181 Å². The van der Waals surface area contributed by atoms with E-state index in [1.165, 1.54) is 24.3 Å². The van der Waals surface area contributed by atoms with Crippen LogP contribution in [0.3, 0.4) is 0 Å². The van der Waals surface area contributed by atoms with Crippen LogP contribution in [0.4, 0.5) is 18.9 Å². The Morgan fingerprint density at radius 1 is 0.906 bits per heavy atom. The topological polar surface area (TPSA) is 56.8 Å². The smallest absolute Gasteiger partial charge is 0.454 e. The van der Waals surface area contributed by atoms with E-state index in [-0.39, 0.29) is 18.4 Å². The molecular weight excluding hydrogens is 423 g/mol. The fourth-order valence-corrected chi connectivity index (χ4v) is 4.30. The molecule has 5 rings (SSSR count). The van der Waals surface area contributed by atoms with E-state index in [2.05, 4.69) is 10.1 Å². The van der Waals surface area contributed by atoms with Gasteiger partial charge in [0.25, 0.3) is 0 Å². The Kier molecular flexibility index (Phi) is 4.73. The summed E-state index contributed by atoms with van der Waals surface area (Å²) in [6.45, 7) is 0.130. The molecule has 0 atom stereocenters. The van der Waals surface area contributed by atoms with Gasteiger partial charge >= 0.3 is 6.36 Å². The third kappa shape index (κ3) is 3.72. The number of carbonyl (C=O) groups excluding carboxylic acids is 1. The van der Waals surface area contributed by atoms with E-state index in [4.69, 9.17) is 9.47 Å². The normalized spacial score (nSPS) is 15.8. The molecule has 1 aliphatic heterocycles. The van der Waals surface area contributed by atoms with E-state index in [9.17, 15) is 18.0 Å². The lowest BCUT2D eigenvalue weighted by molar-refractivity contribution is -0.274. The van der Waals surface area contributed by atoms with Crippen molar-refractivity contribution in [1.29, 1.82) is 0 Å². The number of halogens is 3. The Morgan fingerprint density at radius 3 is 2.22 bits per heavy atom. The highest BCUT2D eigenvalue weighted by molar-refractivity contribution is 6.00. The highest BCUT2D eigenvalue weighted by Crippen LogP contribution is 2.44. The van der Waals surface area contributed by atoms with Crippen molar-refractivity contribution in [2.75, 3.05) is 12.1 Å². The fourth-order valence-electron chi connectivity index (χ4n) is 4.30. The number of hydrogen-bond donors (Lipinski definition) is 1. The third-order valence-electron chi connectivity index (χ3n) is 5.81. The number of anilines is 1. The van der Waals surface area contributed by atoms with Crippen molar-refractivity contribution in [3.63, 3.8) is 0 Å². The predicted molar refractivity (Wildman–Crippen MR) is 110 cm³/mol. The second-order valence-electron chi connectivity index (χ2n) is 7.80. The Balaban J connectivity index is 1.46. The maximum atomic E-state index is 13.6. The number of benzene rings is 3. The highest BCUT2D eigenvalue weighted by atomic mass is 19.4. The third-order valence-corrected chi connectivity index (χ3v) is 5.81. The highest BCUT2D eigenvalue weighted by Gasteiger charge is 2.46. The average molecular weight is 441 g/mol. The zero-order valence-electron chi connectivity index (χ0n) is 16.7. The minimum atomic E-state index is -4.77. The van der Waals surface area contributed by atoms with Crippen LogP contribution >= 0.6 is 0 Å². The van der Waals surface area contributed by atoms with Crippen molar-refractivity contribution in [2.24, 2.45) is 0 Å². The van der Waals surface area contributed by atoms with Crippen LogP contribution in [-0.4, -0.2) is 19.1 Å². The lowest BCUT2D eigenvalue weighted by atomic mass is 9.76. The molecule has 0 saturated heterocycles. The van der Waals surface area contributed by atoms with Gasteiger partial charge in [0.05, 0.1) is 5.41 Å². The summed E-state index contributed by atoms with van der Waals surface area (Å²) >= 11 is 0. The molecule has 0 saturated carbocycles. The van der Waals surface area contributed by atoms with Gasteiger partial charge in [0.15, 0.2) is 11.5 Å². The SMILES string of the molecule is O=C(Nc1ccc(OC(F)(F)F)cc1)C1(c2ccc3c(c2)OCO3)Cc2ccccc2C1. The van der Waals surface area contributed by atoms with Gasteiger partial charge in [-0.25, -0.2) is 0 Å². The predicted octanol–water partition coefficient (Wildman–Crippen LogP) is 4.99. The fraction of sp³-hybridized carbons (Fsp3) is 0.208. The van der Waals surface area contributed by atoms with E-state index < -0.39 is 11.8 Å². The van der Waals surface area contributed by atoms with Crippen LogP contribution in [0.2, 0.25) is 0 Å². The lowest BCUT2D eigenvalue weighted by Crippen LogP contribution is -2.41. The molecule has 32 heavy (non-hydrogen) atoms. The van der Waals surface area contributed by atoms with Crippen molar-refractivity contribution < 1.29 is 32.2 Å². The molecule has 0 radical (unpaired) electrons. The number of alkyl halides is 3. The van der Waals surface area contributed by atoms with E-state index in [0.717, 1.165) is 16.7 Å². The van der Waals surface area contributed by atoms with Crippen molar-refractivity contribution in [2.45, 2.75) is 24.6 Å². The van der Waals surface area contributed by atoms with E-state index >= 15 is 0 Å². The van der Waals surface area contributed by atoms with Crippen molar-refractivity contribution >= 4 is 11.6 Å². The summed E-state index contributed by atoms with van der Waals surface area (Å²) in [5.74, 6) is 0.602. The van der Waals surface area contributed by atoms with Crippen LogP contribution in [0.25, 0.3) is 0 Å². The van der Waals surface area contributed by atoms with Crippen LogP contribution < -0.4 is 19.5 Å². The first-order valence-electron chi connectivity index (χ1n) is 9.97. The minimum absolute atomic E-state index is 0.130. The van der Waals surface area contributed by atoms with E-state index in [1.54, 1.807) is 6.07 Å². The largest absolute Gasteiger partial charge is 0.573 e. The van der Waals surface area contributed by atoms with Gasteiger partial charge in [0.2, 0.25) is 12.7 Å². The van der Waals surface area contributed by atoms with Crippen LogP contribution in [0.1, 0.15) is 16.7 Å². The zero-order chi connectivity index (χ0) is 22.3. The quantitative estimate of drug-likeness (QED) is 0.620. The maximum Gasteiger partial charge on any atom is 0.573 e. The monoisotopic (exact) mass is 441 g/mol. The van der Waals surface area contributed by atoms with Crippen LogP contribution in [0, 0.1) is 0 Å². The number of amides is 1. The van der Waals surface area contributed by atoms with E-state index in [0.29, 0.717) is 30.0 Å². The number of nitrogens with one attached hydrogen (secondary N) is 1. The van der Waals surface area contributed by atoms with Crippen LogP contribution in [0.15, 0.2) is 66.7 Å².